The molecule has 2 rings (SSSR count). The fourth-order valence-corrected chi connectivity index (χ4v) is 2.37. The maximum Gasteiger partial charge on any atom is 0.191 e. The first-order valence-electron chi connectivity index (χ1n) is 5.28. The van der Waals surface area contributed by atoms with Gasteiger partial charge in [0.2, 0.25) is 0 Å². The number of rotatable bonds is 4. The van der Waals surface area contributed by atoms with Crippen molar-refractivity contribution in [1.29, 1.82) is 5.26 Å². The molecule has 0 aliphatic heterocycles. The Hall–Kier alpha value is -2.00. The van der Waals surface area contributed by atoms with Crippen molar-refractivity contribution in [2.75, 3.05) is 7.11 Å². The highest BCUT2D eigenvalue weighted by Crippen LogP contribution is 2.27. The summed E-state index contributed by atoms with van der Waals surface area (Å²) >= 11 is 1.56. The smallest absolute Gasteiger partial charge is 0.191 e. The minimum absolute atomic E-state index is 0.629. The first kappa shape index (κ1) is 12.5. The van der Waals surface area contributed by atoms with E-state index in [9.17, 15) is 0 Å². The van der Waals surface area contributed by atoms with E-state index in [0.29, 0.717) is 11.3 Å². The van der Waals surface area contributed by atoms with Crippen LogP contribution in [0.2, 0.25) is 0 Å². The highest BCUT2D eigenvalue weighted by Gasteiger charge is 2.07. The van der Waals surface area contributed by atoms with Crippen molar-refractivity contribution in [1.82, 2.24) is 14.8 Å². The molecule has 5 nitrogen and oxygen atoms in total. The Morgan fingerprint density at radius 1 is 1.50 bits per heavy atom. The van der Waals surface area contributed by atoms with Crippen LogP contribution >= 0.6 is 11.8 Å². The molecule has 6 heteroatoms. The number of aryl methyl sites for hydroxylation is 1. The van der Waals surface area contributed by atoms with Crippen molar-refractivity contribution >= 4 is 11.8 Å². The van der Waals surface area contributed by atoms with Gasteiger partial charge < -0.3 is 9.30 Å². The van der Waals surface area contributed by atoms with Gasteiger partial charge in [-0.3, -0.25) is 0 Å². The number of thioether (sulfide) groups is 1. The van der Waals surface area contributed by atoms with Crippen molar-refractivity contribution in [2.45, 2.75) is 10.9 Å². The van der Waals surface area contributed by atoms with Gasteiger partial charge in [-0.25, -0.2) is 0 Å². The summed E-state index contributed by atoms with van der Waals surface area (Å²) in [5, 5.41) is 17.5. The second-order valence-corrected chi connectivity index (χ2v) is 4.59. The van der Waals surface area contributed by atoms with Crippen molar-refractivity contribution in [2.24, 2.45) is 7.05 Å². The van der Waals surface area contributed by atoms with Gasteiger partial charge in [0.25, 0.3) is 0 Å². The molecular formula is C12H12N4OS. The number of aromatic nitrogens is 3. The van der Waals surface area contributed by atoms with Gasteiger partial charge in [-0.15, -0.1) is 10.2 Å². The van der Waals surface area contributed by atoms with E-state index in [-0.39, 0.29) is 0 Å². The molecule has 0 fully saturated rings. The van der Waals surface area contributed by atoms with E-state index < -0.39 is 0 Å². The minimum Gasteiger partial charge on any atom is -0.496 e. The molecule has 0 atom stereocenters. The van der Waals surface area contributed by atoms with Crippen LogP contribution in [0.3, 0.4) is 0 Å². The van der Waals surface area contributed by atoms with Crippen molar-refractivity contribution in [3.05, 3.63) is 35.7 Å². The Morgan fingerprint density at radius 3 is 2.94 bits per heavy atom. The van der Waals surface area contributed by atoms with Gasteiger partial charge in [0.15, 0.2) is 5.16 Å². The van der Waals surface area contributed by atoms with E-state index >= 15 is 0 Å². The maximum atomic E-state index is 8.90. The van der Waals surface area contributed by atoms with Crippen LogP contribution in [0.25, 0.3) is 0 Å². The predicted octanol–water partition coefficient (Wildman–Crippen LogP) is 1.99. The normalized spacial score (nSPS) is 10.1. The van der Waals surface area contributed by atoms with Gasteiger partial charge in [-0.2, -0.15) is 5.26 Å². The standard InChI is InChI=1S/C12H12N4OS/c1-16-8-14-15-12(16)18-7-10-5-9(6-13)3-4-11(10)17-2/h3-5,8H,7H2,1-2H3. The fraction of sp³-hybridized carbons (Fsp3) is 0.250. The summed E-state index contributed by atoms with van der Waals surface area (Å²) in [7, 11) is 3.52. The molecule has 1 aromatic heterocycles. The minimum atomic E-state index is 0.629. The van der Waals surface area contributed by atoms with Crippen molar-refractivity contribution in [3.8, 4) is 11.8 Å². The largest absolute Gasteiger partial charge is 0.496 e. The van der Waals surface area contributed by atoms with Gasteiger partial charge >= 0.3 is 0 Å². The van der Waals surface area contributed by atoms with Crippen molar-refractivity contribution in [3.63, 3.8) is 0 Å². The average Bonchev–Trinajstić information content (AvgIpc) is 2.81. The molecule has 0 aliphatic rings. The lowest BCUT2D eigenvalue weighted by Crippen LogP contribution is -1.94. The lowest BCUT2D eigenvalue weighted by Gasteiger charge is -2.08. The number of nitrogens with zero attached hydrogens (tertiary/aromatic N) is 4. The van der Waals surface area contributed by atoms with Gasteiger partial charge in [0, 0.05) is 18.4 Å². The van der Waals surface area contributed by atoms with Crippen LogP contribution in [0.4, 0.5) is 0 Å². The first-order chi connectivity index (χ1) is 8.74. The average molecular weight is 260 g/mol. The number of ether oxygens (including phenoxy) is 1. The van der Waals surface area contributed by atoms with Crippen LogP contribution in [0.5, 0.6) is 5.75 Å². The summed E-state index contributed by atoms with van der Waals surface area (Å²) in [6, 6.07) is 7.52. The first-order valence-corrected chi connectivity index (χ1v) is 6.27. The highest BCUT2D eigenvalue weighted by molar-refractivity contribution is 7.98. The van der Waals surface area contributed by atoms with Crippen LogP contribution in [0, 0.1) is 11.3 Å². The summed E-state index contributed by atoms with van der Waals surface area (Å²) < 4.78 is 7.13. The molecule has 1 aromatic carbocycles. The number of nitriles is 1. The molecule has 0 unspecified atom stereocenters. The van der Waals surface area contributed by atoms with E-state index in [4.69, 9.17) is 10.00 Å². The third kappa shape index (κ3) is 2.63. The quantitative estimate of drug-likeness (QED) is 0.787. The Morgan fingerprint density at radius 2 is 2.33 bits per heavy atom. The van der Waals surface area contributed by atoms with Crippen molar-refractivity contribution < 1.29 is 4.74 Å². The fourth-order valence-electron chi connectivity index (χ4n) is 1.51. The summed E-state index contributed by atoms with van der Waals surface area (Å²) in [5.74, 6) is 1.47. The van der Waals surface area contributed by atoms with Gasteiger partial charge in [-0.1, -0.05) is 11.8 Å². The number of hydrogen-bond donors (Lipinski definition) is 0. The van der Waals surface area contributed by atoms with Gasteiger partial charge in [0.05, 0.1) is 18.7 Å². The zero-order valence-electron chi connectivity index (χ0n) is 10.1. The molecule has 0 saturated carbocycles. The van der Waals surface area contributed by atoms with Gasteiger partial charge in [-0.05, 0) is 18.2 Å². The molecule has 0 radical (unpaired) electrons. The predicted molar refractivity (Wildman–Crippen MR) is 68.3 cm³/mol. The number of benzene rings is 1. The zero-order valence-corrected chi connectivity index (χ0v) is 10.9. The molecule has 0 amide bonds. The highest BCUT2D eigenvalue weighted by atomic mass is 32.2. The molecule has 1 heterocycles. The molecule has 0 aliphatic carbocycles. The molecule has 18 heavy (non-hydrogen) atoms. The van der Waals surface area contributed by atoms with Crippen LogP contribution in [0.1, 0.15) is 11.1 Å². The monoisotopic (exact) mass is 260 g/mol. The molecule has 0 saturated heterocycles. The topological polar surface area (TPSA) is 63.7 Å². The zero-order chi connectivity index (χ0) is 13.0. The Bertz CT molecular complexity index is 588. The van der Waals surface area contributed by atoms with Crippen LogP contribution in [0.15, 0.2) is 29.7 Å². The summed E-state index contributed by atoms with van der Waals surface area (Å²) in [6.07, 6.45) is 1.66. The third-order valence-electron chi connectivity index (χ3n) is 2.44. The van der Waals surface area contributed by atoms with Crippen LogP contribution in [-0.4, -0.2) is 21.9 Å². The lowest BCUT2D eigenvalue weighted by atomic mass is 10.1. The summed E-state index contributed by atoms with van der Waals surface area (Å²) in [4.78, 5) is 0. The maximum absolute atomic E-state index is 8.90. The molecule has 0 N–H and O–H groups in total. The summed E-state index contributed by atoms with van der Waals surface area (Å²) in [5.41, 5.74) is 1.61. The SMILES string of the molecule is COc1ccc(C#N)cc1CSc1nncn1C. The molecule has 0 spiro atoms. The van der Waals surface area contributed by atoms with E-state index in [1.54, 1.807) is 31.3 Å². The van der Waals surface area contributed by atoms with E-state index in [0.717, 1.165) is 16.5 Å². The third-order valence-corrected chi connectivity index (χ3v) is 3.52. The second-order valence-electron chi connectivity index (χ2n) is 3.65. The van der Waals surface area contributed by atoms with E-state index in [1.807, 2.05) is 23.7 Å². The summed E-state index contributed by atoms with van der Waals surface area (Å²) in [6.45, 7) is 0. The van der Waals surface area contributed by atoms with E-state index in [1.165, 1.54) is 0 Å². The Kier molecular flexibility index (Phi) is 3.85. The molecule has 92 valence electrons. The molecular weight excluding hydrogens is 248 g/mol. The van der Waals surface area contributed by atoms with Crippen LogP contribution in [-0.2, 0) is 12.8 Å². The number of hydrogen-bond acceptors (Lipinski definition) is 5. The molecule has 2 aromatic rings. The van der Waals surface area contributed by atoms with E-state index in [2.05, 4.69) is 16.3 Å². The second kappa shape index (κ2) is 5.56. The Balaban J connectivity index is 2.18. The lowest BCUT2D eigenvalue weighted by molar-refractivity contribution is 0.411. The number of methoxy groups -OCH3 is 1. The van der Waals surface area contributed by atoms with Gasteiger partial charge in [0.1, 0.15) is 12.1 Å². The van der Waals surface area contributed by atoms with Crippen LogP contribution < -0.4 is 4.74 Å². The Labute approximate surface area is 109 Å². The molecule has 0 bridgehead atoms.